The van der Waals surface area contributed by atoms with Crippen LogP contribution in [-0.2, 0) is 6.42 Å². The summed E-state index contributed by atoms with van der Waals surface area (Å²) in [4.78, 5) is 12.3. The fourth-order valence-electron chi connectivity index (χ4n) is 1.88. The lowest BCUT2D eigenvalue weighted by Crippen LogP contribution is -2.33. The summed E-state index contributed by atoms with van der Waals surface area (Å²) in [5.74, 6) is 1.29. The van der Waals surface area contributed by atoms with Gasteiger partial charge in [0.15, 0.2) is 5.96 Å². The van der Waals surface area contributed by atoms with E-state index < -0.39 is 0 Å². The Hall–Kier alpha value is -1.37. The largest absolute Gasteiger partial charge is 0.370 e. The van der Waals surface area contributed by atoms with Crippen molar-refractivity contribution >= 4 is 40.9 Å². The second-order valence-corrected chi connectivity index (χ2v) is 6.70. The third-order valence-corrected chi connectivity index (χ3v) is 5.01. The molecular formula is C15H19Cl2N5S. The highest BCUT2D eigenvalue weighted by Crippen LogP contribution is 2.32. The van der Waals surface area contributed by atoms with Crippen LogP contribution in [0.5, 0.6) is 0 Å². The number of aliphatic imine (C=N–C) groups is 1. The minimum atomic E-state index is 0.465. The highest BCUT2D eigenvalue weighted by Gasteiger charge is 2.04. The van der Waals surface area contributed by atoms with Crippen molar-refractivity contribution in [2.24, 2.45) is 10.7 Å². The zero-order valence-electron chi connectivity index (χ0n) is 12.6. The summed E-state index contributed by atoms with van der Waals surface area (Å²) < 4.78 is 0. The highest BCUT2D eigenvalue weighted by atomic mass is 35.5. The number of hydrogen-bond acceptors (Lipinski definition) is 3. The van der Waals surface area contributed by atoms with Gasteiger partial charge in [-0.05, 0) is 25.0 Å². The van der Waals surface area contributed by atoms with E-state index >= 15 is 0 Å². The van der Waals surface area contributed by atoms with E-state index in [1.165, 1.54) is 0 Å². The monoisotopic (exact) mass is 371 g/mol. The number of guanidine groups is 1. The summed E-state index contributed by atoms with van der Waals surface area (Å²) in [5.41, 5.74) is 6.94. The van der Waals surface area contributed by atoms with Crippen LogP contribution in [0.1, 0.15) is 12.1 Å². The molecule has 8 heteroatoms. The topological polar surface area (TPSA) is 79.1 Å². The number of nitrogens with zero attached hydrogens (tertiary/aromatic N) is 2. The Balaban J connectivity index is 1.61. The third-order valence-electron chi connectivity index (χ3n) is 3.02. The lowest BCUT2D eigenvalue weighted by molar-refractivity contribution is 0.806. The van der Waals surface area contributed by atoms with Crippen LogP contribution in [0.3, 0.4) is 0 Å². The van der Waals surface area contributed by atoms with E-state index in [1.54, 1.807) is 24.2 Å². The molecule has 5 nitrogen and oxygen atoms in total. The number of nitrogens with one attached hydrogen (secondary N) is 2. The van der Waals surface area contributed by atoms with Crippen LogP contribution in [0.25, 0.3) is 0 Å². The fourth-order valence-corrected chi connectivity index (χ4v) is 3.24. The molecule has 1 aromatic heterocycles. The van der Waals surface area contributed by atoms with Gasteiger partial charge in [0.25, 0.3) is 0 Å². The SMILES string of the molecule is NC(=NCCCc1cnc[nH]1)NCCSc1cccc(Cl)c1Cl. The molecule has 0 aliphatic rings. The Kier molecular flexibility index (Phi) is 7.58. The maximum Gasteiger partial charge on any atom is 0.188 e. The summed E-state index contributed by atoms with van der Waals surface area (Å²) in [6.45, 7) is 1.40. The van der Waals surface area contributed by atoms with Crippen LogP contribution in [0, 0.1) is 0 Å². The molecule has 0 atom stereocenters. The smallest absolute Gasteiger partial charge is 0.188 e. The van der Waals surface area contributed by atoms with Crippen molar-refractivity contribution in [3.05, 3.63) is 46.5 Å². The number of imidazole rings is 1. The van der Waals surface area contributed by atoms with E-state index in [1.807, 2.05) is 18.3 Å². The van der Waals surface area contributed by atoms with E-state index in [0.717, 1.165) is 29.2 Å². The highest BCUT2D eigenvalue weighted by molar-refractivity contribution is 7.99. The summed E-state index contributed by atoms with van der Waals surface area (Å²) in [7, 11) is 0. The first-order valence-corrected chi connectivity index (χ1v) is 8.99. The number of hydrogen-bond donors (Lipinski definition) is 3. The predicted octanol–water partition coefficient (Wildman–Crippen LogP) is 3.35. The molecule has 4 N–H and O–H groups in total. The molecule has 23 heavy (non-hydrogen) atoms. The zero-order valence-corrected chi connectivity index (χ0v) is 14.9. The summed E-state index contributed by atoms with van der Waals surface area (Å²) >= 11 is 13.7. The second-order valence-electron chi connectivity index (χ2n) is 4.77. The van der Waals surface area contributed by atoms with Crippen LogP contribution in [0.2, 0.25) is 10.0 Å². The number of H-pyrrole nitrogens is 1. The van der Waals surface area contributed by atoms with Gasteiger partial charge in [-0.25, -0.2) is 4.98 Å². The lowest BCUT2D eigenvalue weighted by Gasteiger charge is -2.07. The van der Waals surface area contributed by atoms with Crippen LogP contribution < -0.4 is 11.1 Å². The van der Waals surface area contributed by atoms with Gasteiger partial charge in [-0.3, -0.25) is 4.99 Å². The molecule has 0 radical (unpaired) electrons. The van der Waals surface area contributed by atoms with Crippen LogP contribution in [0.4, 0.5) is 0 Å². The lowest BCUT2D eigenvalue weighted by atomic mass is 10.2. The molecule has 0 aliphatic heterocycles. The van der Waals surface area contributed by atoms with Crippen LogP contribution in [0.15, 0.2) is 40.6 Å². The Labute approximate surface area is 150 Å². The molecule has 0 saturated carbocycles. The van der Waals surface area contributed by atoms with Crippen molar-refractivity contribution in [1.82, 2.24) is 15.3 Å². The summed E-state index contributed by atoms with van der Waals surface area (Å²) in [6, 6.07) is 5.62. The molecule has 0 amide bonds. The van der Waals surface area contributed by atoms with Gasteiger partial charge in [0, 0.05) is 35.6 Å². The van der Waals surface area contributed by atoms with Crippen molar-refractivity contribution in [3.8, 4) is 0 Å². The van der Waals surface area contributed by atoms with Crippen molar-refractivity contribution in [1.29, 1.82) is 0 Å². The number of benzene rings is 1. The maximum atomic E-state index is 6.13. The molecular weight excluding hydrogens is 353 g/mol. The Morgan fingerprint density at radius 1 is 1.39 bits per heavy atom. The molecule has 0 aliphatic carbocycles. The first-order valence-electron chi connectivity index (χ1n) is 7.24. The molecule has 0 saturated heterocycles. The molecule has 1 aromatic carbocycles. The molecule has 124 valence electrons. The van der Waals surface area contributed by atoms with Gasteiger partial charge < -0.3 is 16.0 Å². The minimum Gasteiger partial charge on any atom is -0.370 e. The number of aromatic amines is 1. The van der Waals surface area contributed by atoms with Crippen LogP contribution in [-0.4, -0.2) is 34.8 Å². The van der Waals surface area contributed by atoms with Crippen molar-refractivity contribution < 1.29 is 0 Å². The average Bonchev–Trinajstić information content (AvgIpc) is 3.05. The van der Waals surface area contributed by atoms with E-state index in [-0.39, 0.29) is 0 Å². The number of rotatable bonds is 8. The third kappa shape index (κ3) is 6.33. The summed E-state index contributed by atoms with van der Waals surface area (Å²) in [5, 5.41) is 4.26. The van der Waals surface area contributed by atoms with Gasteiger partial charge in [-0.2, -0.15) is 0 Å². The standard InChI is InChI=1S/C15H19Cl2N5S/c16-12-4-1-5-13(14(12)17)23-8-7-21-15(18)20-6-2-3-11-9-19-10-22-11/h1,4-5,9-10H,2-3,6-8H2,(H,19,22)(H3,18,20,21). The Bertz CT molecular complexity index is 631. The van der Waals surface area contributed by atoms with Crippen LogP contribution >= 0.6 is 35.0 Å². The molecule has 1 heterocycles. The number of aryl methyl sites for hydroxylation is 1. The number of nitrogens with two attached hydrogens (primary N) is 1. The van der Waals surface area contributed by atoms with Crippen molar-refractivity contribution in [2.75, 3.05) is 18.8 Å². The molecule has 0 fully saturated rings. The molecule has 0 unspecified atom stereocenters. The maximum absolute atomic E-state index is 6.13. The normalized spacial score (nSPS) is 11.7. The second kappa shape index (κ2) is 9.70. The molecule has 2 rings (SSSR count). The van der Waals surface area contributed by atoms with Gasteiger partial charge in [0.2, 0.25) is 0 Å². The van der Waals surface area contributed by atoms with Gasteiger partial charge in [-0.15, -0.1) is 11.8 Å². The van der Waals surface area contributed by atoms with E-state index in [9.17, 15) is 0 Å². The van der Waals surface area contributed by atoms with Gasteiger partial charge in [-0.1, -0.05) is 29.3 Å². The van der Waals surface area contributed by atoms with E-state index in [0.29, 0.717) is 29.1 Å². The fraction of sp³-hybridized carbons (Fsp3) is 0.333. The van der Waals surface area contributed by atoms with Gasteiger partial charge in [0.1, 0.15) is 0 Å². The van der Waals surface area contributed by atoms with E-state index in [2.05, 4.69) is 20.3 Å². The molecule has 0 bridgehead atoms. The van der Waals surface area contributed by atoms with Gasteiger partial charge in [0.05, 0.1) is 16.4 Å². The van der Waals surface area contributed by atoms with Gasteiger partial charge >= 0.3 is 0 Å². The predicted molar refractivity (Wildman–Crippen MR) is 98.6 cm³/mol. The quantitative estimate of drug-likeness (QED) is 0.287. The minimum absolute atomic E-state index is 0.465. The zero-order chi connectivity index (χ0) is 16.5. The Morgan fingerprint density at radius 2 is 2.26 bits per heavy atom. The number of halogens is 2. The first-order chi connectivity index (χ1) is 11.2. The first kappa shape index (κ1) is 18.0. The van der Waals surface area contributed by atoms with E-state index in [4.69, 9.17) is 28.9 Å². The number of aromatic nitrogens is 2. The molecule has 2 aromatic rings. The Morgan fingerprint density at radius 3 is 3.04 bits per heavy atom. The van der Waals surface area contributed by atoms with Crippen molar-refractivity contribution in [3.63, 3.8) is 0 Å². The summed E-state index contributed by atoms with van der Waals surface area (Å²) in [6.07, 6.45) is 5.35. The molecule has 0 spiro atoms. The average molecular weight is 372 g/mol. The number of thioether (sulfide) groups is 1. The van der Waals surface area contributed by atoms with Crippen molar-refractivity contribution in [2.45, 2.75) is 17.7 Å².